The van der Waals surface area contributed by atoms with Gasteiger partial charge in [-0.1, -0.05) is 6.07 Å². The lowest BCUT2D eigenvalue weighted by Gasteiger charge is -2.20. The van der Waals surface area contributed by atoms with Gasteiger partial charge in [0.05, 0.1) is 12.2 Å². The third kappa shape index (κ3) is 2.82. The van der Waals surface area contributed by atoms with Gasteiger partial charge in [-0.25, -0.2) is 8.78 Å². The minimum Gasteiger partial charge on any atom is -0.392 e. The molecule has 1 N–H and O–H groups in total. The molecule has 1 aromatic carbocycles. The molecule has 0 aromatic heterocycles. The largest absolute Gasteiger partial charge is 0.392 e. The van der Waals surface area contributed by atoms with Crippen molar-refractivity contribution in [3.63, 3.8) is 0 Å². The maximum atomic E-state index is 13.0. The Morgan fingerprint density at radius 2 is 2.18 bits per heavy atom. The highest BCUT2D eigenvalue weighted by molar-refractivity contribution is 5.18. The van der Waals surface area contributed by atoms with Gasteiger partial charge in [0.2, 0.25) is 0 Å². The molecular formula is C13H16F2O2. The number of rotatable bonds is 3. The topological polar surface area (TPSA) is 29.5 Å². The van der Waals surface area contributed by atoms with E-state index in [-0.39, 0.29) is 12.0 Å². The molecule has 0 amide bonds. The Labute approximate surface area is 99.2 Å². The molecule has 2 rings (SSSR count). The predicted octanol–water partition coefficient (Wildman–Crippen LogP) is 2.29. The summed E-state index contributed by atoms with van der Waals surface area (Å²) in [6, 6.07) is 3.73. The molecule has 0 saturated carbocycles. The van der Waals surface area contributed by atoms with Gasteiger partial charge in [0.1, 0.15) is 0 Å². The number of hydrogen-bond acceptors (Lipinski definition) is 2. The quantitative estimate of drug-likeness (QED) is 0.881. The summed E-state index contributed by atoms with van der Waals surface area (Å²) in [7, 11) is 0. The van der Waals surface area contributed by atoms with Crippen LogP contribution in [0.1, 0.15) is 18.9 Å². The van der Waals surface area contributed by atoms with E-state index in [1.165, 1.54) is 6.07 Å². The molecule has 0 radical (unpaired) electrons. The van der Waals surface area contributed by atoms with E-state index >= 15 is 0 Å². The van der Waals surface area contributed by atoms with Crippen LogP contribution in [0.15, 0.2) is 18.2 Å². The first-order valence-corrected chi connectivity index (χ1v) is 5.81. The highest BCUT2D eigenvalue weighted by Crippen LogP contribution is 2.26. The second-order valence-electron chi connectivity index (χ2n) is 4.55. The summed E-state index contributed by atoms with van der Waals surface area (Å²) < 4.78 is 31.1. The van der Waals surface area contributed by atoms with E-state index in [1.807, 2.05) is 6.92 Å². The van der Waals surface area contributed by atoms with Crippen LogP contribution < -0.4 is 0 Å². The molecular weight excluding hydrogens is 226 g/mol. The molecule has 1 saturated heterocycles. The summed E-state index contributed by atoms with van der Waals surface area (Å²) in [4.78, 5) is 0. The highest BCUT2D eigenvalue weighted by atomic mass is 19.2. The van der Waals surface area contributed by atoms with Gasteiger partial charge in [-0.3, -0.25) is 0 Å². The molecule has 1 heterocycles. The zero-order chi connectivity index (χ0) is 12.4. The zero-order valence-corrected chi connectivity index (χ0v) is 9.70. The van der Waals surface area contributed by atoms with Gasteiger partial charge in [0.15, 0.2) is 11.6 Å². The van der Waals surface area contributed by atoms with Crippen molar-refractivity contribution in [2.45, 2.75) is 32.0 Å². The van der Waals surface area contributed by atoms with Crippen LogP contribution in [-0.4, -0.2) is 23.9 Å². The van der Waals surface area contributed by atoms with Gasteiger partial charge in [0, 0.05) is 12.5 Å². The Hall–Kier alpha value is -1.00. The maximum absolute atomic E-state index is 13.0. The summed E-state index contributed by atoms with van der Waals surface area (Å²) in [6.45, 7) is 2.58. The second-order valence-corrected chi connectivity index (χ2v) is 4.55. The highest BCUT2D eigenvalue weighted by Gasteiger charge is 2.30. The maximum Gasteiger partial charge on any atom is 0.159 e. The van der Waals surface area contributed by atoms with Crippen molar-refractivity contribution in [1.82, 2.24) is 0 Å². The molecule has 3 unspecified atom stereocenters. The molecule has 0 aliphatic carbocycles. The summed E-state index contributed by atoms with van der Waals surface area (Å²) in [5.74, 6) is -1.66. The molecule has 1 fully saturated rings. The average molecular weight is 242 g/mol. The van der Waals surface area contributed by atoms with Gasteiger partial charge in [0.25, 0.3) is 0 Å². The fourth-order valence-electron chi connectivity index (χ4n) is 2.31. The first-order valence-electron chi connectivity index (χ1n) is 5.81. The van der Waals surface area contributed by atoms with Gasteiger partial charge >= 0.3 is 0 Å². The number of aliphatic hydroxyl groups is 1. The Kier molecular flexibility index (Phi) is 3.74. The minimum atomic E-state index is -0.870. The molecule has 17 heavy (non-hydrogen) atoms. The van der Waals surface area contributed by atoms with Crippen molar-refractivity contribution in [3.05, 3.63) is 35.4 Å². The first-order chi connectivity index (χ1) is 8.08. The van der Waals surface area contributed by atoms with E-state index in [4.69, 9.17) is 4.74 Å². The number of aliphatic hydroxyl groups excluding tert-OH is 1. The van der Waals surface area contributed by atoms with Crippen LogP contribution in [0.2, 0.25) is 0 Å². The molecule has 3 atom stereocenters. The SMILES string of the molecule is CC1OCCC1C(O)Cc1ccc(F)c(F)c1. The standard InChI is InChI=1S/C13H16F2O2/c1-8-10(4-5-17-8)13(16)7-9-2-3-11(14)12(15)6-9/h2-3,6,8,10,13,16H,4-5,7H2,1H3. The summed E-state index contributed by atoms with van der Waals surface area (Å²) >= 11 is 0. The molecule has 1 aliphatic heterocycles. The molecule has 4 heteroatoms. The van der Waals surface area contributed by atoms with Crippen molar-refractivity contribution < 1.29 is 18.6 Å². The van der Waals surface area contributed by atoms with Gasteiger partial charge in [-0.2, -0.15) is 0 Å². The van der Waals surface area contributed by atoms with E-state index in [0.29, 0.717) is 18.6 Å². The van der Waals surface area contributed by atoms with E-state index < -0.39 is 17.7 Å². The zero-order valence-electron chi connectivity index (χ0n) is 9.70. The normalized spacial score (nSPS) is 26.1. The summed E-state index contributed by atoms with van der Waals surface area (Å²) in [5.41, 5.74) is 0.607. The molecule has 1 aliphatic rings. The van der Waals surface area contributed by atoms with Crippen molar-refractivity contribution >= 4 is 0 Å². The fourth-order valence-corrected chi connectivity index (χ4v) is 2.31. The molecule has 1 aromatic rings. The van der Waals surface area contributed by atoms with Crippen LogP contribution in [0, 0.1) is 17.6 Å². The van der Waals surface area contributed by atoms with Crippen LogP contribution in [-0.2, 0) is 11.2 Å². The van der Waals surface area contributed by atoms with Crippen LogP contribution in [0.4, 0.5) is 8.78 Å². The minimum absolute atomic E-state index is 0.0234. The molecule has 94 valence electrons. The van der Waals surface area contributed by atoms with Gasteiger partial charge in [-0.15, -0.1) is 0 Å². The first kappa shape index (κ1) is 12.5. The van der Waals surface area contributed by atoms with Gasteiger partial charge < -0.3 is 9.84 Å². The second kappa shape index (κ2) is 5.10. The number of benzene rings is 1. The van der Waals surface area contributed by atoms with Gasteiger partial charge in [-0.05, 0) is 37.5 Å². The van der Waals surface area contributed by atoms with Crippen LogP contribution in [0.25, 0.3) is 0 Å². The monoisotopic (exact) mass is 242 g/mol. The summed E-state index contributed by atoms with van der Waals surface area (Å²) in [6.07, 6.45) is 0.592. The Morgan fingerprint density at radius 1 is 1.41 bits per heavy atom. The number of hydrogen-bond donors (Lipinski definition) is 1. The van der Waals surface area contributed by atoms with Crippen LogP contribution >= 0.6 is 0 Å². The third-order valence-electron chi connectivity index (χ3n) is 3.36. The molecule has 0 spiro atoms. The smallest absolute Gasteiger partial charge is 0.159 e. The third-order valence-corrected chi connectivity index (χ3v) is 3.36. The van der Waals surface area contributed by atoms with Crippen molar-refractivity contribution in [2.24, 2.45) is 5.92 Å². The van der Waals surface area contributed by atoms with E-state index in [9.17, 15) is 13.9 Å². The summed E-state index contributed by atoms with van der Waals surface area (Å²) in [5, 5.41) is 10.0. The van der Waals surface area contributed by atoms with E-state index in [0.717, 1.165) is 18.6 Å². The Balaban J connectivity index is 2.02. The lowest BCUT2D eigenvalue weighted by atomic mass is 9.91. The predicted molar refractivity (Wildman–Crippen MR) is 59.6 cm³/mol. The number of halogens is 2. The Morgan fingerprint density at radius 3 is 2.76 bits per heavy atom. The van der Waals surface area contributed by atoms with E-state index in [2.05, 4.69) is 0 Å². The van der Waals surface area contributed by atoms with Crippen molar-refractivity contribution in [3.8, 4) is 0 Å². The number of ether oxygens (including phenoxy) is 1. The molecule has 2 nitrogen and oxygen atoms in total. The van der Waals surface area contributed by atoms with Crippen molar-refractivity contribution in [2.75, 3.05) is 6.61 Å². The lowest BCUT2D eigenvalue weighted by molar-refractivity contribution is 0.0440. The molecule has 0 bridgehead atoms. The average Bonchev–Trinajstić information content (AvgIpc) is 2.70. The fraction of sp³-hybridized carbons (Fsp3) is 0.538. The van der Waals surface area contributed by atoms with Crippen LogP contribution in [0.5, 0.6) is 0 Å². The van der Waals surface area contributed by atoms with Crippen molar-refractivity contribution in [1.29, 1.82) is 0 Å². The van der Waals surface area contributed by atoms with E-state index in [1.54, 1.807) is 0 Å². The van der Waals surface area contributed by atoms with Crippen LogP contribution in [0.3, 0.4) is 0 Å². The Bertz CT molecular complexity index is 395. The lowest BCUT2D eigenvalue weighted by Crippen LogP contribution is -2.28.